The first-order valence-electron chi connectivity index (χ1n) is 11.8. The van der Waals surface area contributed by atoms with Crippen molar-refractivity contribution < 1.29 is 23.8 Å². The molecule has 0 bridgehead atoms. The lowest BCUT2D eigenvalue weighted by atomic mass is 10.1. The van der Waals surface area contributed by atoms with Crippen LogP contribution in [0, 0.1) is 5.92 Å². The largest absolute Gasteiger partial charge is 0.497 e. The highest BCUT2D eigenvalue weighted by atomic mass is 16.5. The van der Waals surface area contributed by atoms with E-state index in [0.717, 1.165) is 0 Å². The smallest absolute Gasteiger partial charge is 0.341 e. The van der Waals surface area contributed by atoms with Crippen LogP contribution < -0.4 is 20.5 Å². The van der Waals surface area contributed by atoms with Crippen molar-refractivity contribution in [3.63, 3.8) is 0 Å². The number of esters is 1. The Labute approximate surface area is 212 Å². The van der Waals surface area contributed by atoms with Crippen molar-refractivity contribution in [2.75, 3.05) is 20.8 Å². The molecule has 4 rings (SSSR count). The molecule has 0 aliphatic rings. The lowest BCUT2D eigenvalue weighted by Crippen LogP contribution is -2.33. The Balaban J connectivity index is 2.11. The second kappa shape index (κ2) is 10.7. The molecule has 0 unspecified atom stereocenters. The third-order valence-electron chi connectivity index (χ3n) is 5.68. The fraction of sp³-hybridized carbons (Fsp3) is 0.296. The summed E-state index contributed by atoms with van der Waals surface area (Å²) in [6.45, 7) is 6.07. The molecule has 1 amide bonds. The maximum atomic E-state index is 13.4. The number of amides is 1. The molecular weight excluding hydrogens is 476 g/mol. The molecule has 0 aliphatic heterocycles. The standard InChI is InChI=1S/C27H28N4O6/c1-6-37-27(34)20-14-19-23(28-22-9-7-8-12-30(22)26(19)33)31(15-16(2)3)24(20)29-25(32)18-11-10-17(35-4)13-21(18)36-5/h7-14,16H,6,15H2,1-5H3. The predicted octanol–water partition coefficient (Wildman–Crippen LogP) is 3.24. The molecule has 0 atom stereocenters. The van der Waals surface area contributed by atoms with Crippen LogP contribution in [0.3, 0.4) is 0 Å². The topological polar surface area (TPSA) is 113 Å². The Morgan fingerprint density at radius 2 is 1.84 bits per heavy atom. The quantitative estimate of drug-likeness (QED) is 0.280. The number of fused-ring (bicyclic) bond motifs is 2. The van der Waals surface area contributed by atoms with Crippen LogP contribution in [-0.2, 0) is 11.3 Å². The number of benzene rings is 1. The van der Waals surface area contributed by atoms with Gasteiger partial charge in [-0.2, -0.15) is 4.99 Å². The van der Waals surface area contributed by atoms with Gasteiger partial charge in [-0.15, -0.1) is 0 Å². The highest BCUT2D eigenvalue weighted by Gasteiger charge is 2.21. The van der Waals surface area contributed by atoms with Crippen molar-refractivity contribution in [3.05, 3.63) is 75.6 Å². The minimum atomic E-state index is -0.701. The number of methoxy groups -OCH3 is 2. The number of ether oxygens (including phenoxy) is 3. The number of nitrogens with zero attached hydrogens (tertiary/aromatic N) is 4. The minimum absolute atomic E-state index is 0.00869. The molecule has 0 saturated heterocycles. The van der Waals surface area contributed by atoms with Crippen LogP contribution in [0.15, 0.2) is 58.4 Å². The summed E-state index contributed by atoms with van der Waals surface area (Å²) < 4.78 is 18.9. The molecule has 1 aromatic carbocycles. The van der Waals surface area contributed by atoms with Gasteiger partial charge in [-0.25, -0.2) is 9.78 Å². The summed E-state index contributed by atoms with van der Waals surface area (Å²) in [6.07, 6.45) is 1.61. The Hall–Kier alpha value is -4.47. The fourth-order valence-corrected chi connectivity index (χ4v) is 4.03. The SMILES string of the molecule is CCOC(=O)c1cc2c(=O)n3ccccc3nc2n(CC(C)C)c1=NC(=O)c1ccc(OC)cc1OC. The molecule has 0 fully saturated rings. The van der Waals surface area contributed by atoms with Gasteiger partial charge in [0.05, 0.1) is 31.8 Å². The van der Waals surface area contributed by atoms with Crippen LogP contribution >= 0.6 is 0 Å². The predicted molar refractivity (Wildman–Crippen MR) is 137 cm³/mol. The van der Waals surface area contributed by atoms with Crippen molar-refractivity contribution in [2.45, 2.75) is 27.3 Å². The van der Waals surface area contributed by atoms with E-state index in [1.165, 1.54) is 24.7 Å². The zero-order valence-electron chi connectivity index (χ0n) is 21.3. The molecule has 0 saturated carbocycles. The molecule has 10 heteroatoms. The second-order valence-corrected chi connectivity index (χ2v) is 8.67. The van der Waals surface area contributed by atoms with Crippen LogP contribution in [0.2, 0.25) is 0 Å². The van der Waals surface area contributed by atoms with E-state index in [4.69, 9.17) is 19.2 Å². The average molecular weight is 505 g/mol. The van der Waals surface area contributed by atoms with Crippen LogP contribution in [-0.4, -0.2) is 46.7 Å². The van der Waals surface area contributed by atoms with Crippen molar-refractivity contribution in [3.8, 4) is 11.5 Å². The van der Waals surface area contributed by atoms with Crippen molar-refractivity contribution in [1.29, 1.82) is 0 Å². The fourth-order valence-electron chi connectivity index (χ4n) is 4.03. The zero-order chi connectivity index (χ0) is 26.7. The van der Waals surface area contributed by atoms with Gasteiger partial charge < -0.3 is 18.8 Å². The lowest BCUT2D eigenvalue weighted by molar-refractivity contribution is 0.0523. The van der Waals surface area contributed by atoms with Gasteiger partial charge >= 0.3 is 5.97 Å². The van der Waals surface area contributed by atoms with Gasteiger partial charge in [-0.3, -0.25) is 14.0 Å². The molecule has 192 valence electrons. The summed E-state index contributed by atoms with van der Waals surface area (Å²) in [5, 5.41) is 0.209. The summed E-state index contributed by atoms with van der Waals surface area (Å²) in [5.74, 6) is -0.490. The highest BCUT2D eigenvalue weighted by molar-refractivity contribution is 5.99. The summed E-state index contributed by atoms with van der Waals surface area (Å²) in [6, 6.07) is 11.3. The molecule has 37 heavy (non-hydrogen) atoms. The number of hydrogen-bond acceptors (Lipinski definition) is 7. The normalized spacial score (nSPS) is 11.8. The number of carbonyl (C=O) groups excluding carboxylic acids is 2. The number of carbonyl (C=O) groups is 2. The second-order valence-electron chi connectivity index (χ2n) is 8.67. The molecule has 3 aromatic heterocycles. The van der Waals surface area contributed by atoms with E-state index in [0.29, 0.717) is 23.6 Å². The first kappa shape index (κ1) is 25.6. The van der Waals surface area contributed by atoms with Crippen LogP contribution in [0.5, 0.6) is 11.5 Å². The van der Waals surface area contributed by atoms with Crippen molar-refractivity contribution >= 4 is 28.6 Å². The number of aromatic nitrogens is 3. The first-order valence-corrected chi connectivity index (χ1v) is 11.8. The molecule has 0 radical (unpaired) electrons. The zero-order valence-corrected chi connectivity index (χ0v) is 21.3. The lowest BCUT2D eigenvalue weighted by Gasteiger charge is -2.17. The van der Waals surface area contributed by atoms with Gasteiger partial charge in [0.2, 0.25) is 0 Å². The Bertz CT molecular complexity index is 1630. The molecular formula is C27H28N4O6. The average Bonchev–Trinajstić information content (AvgIpc) is 2.89. The van der Waals surface area contributed by atoms with Crippen LogP contribution in [0.25, 0.3) is 16.7 Å². The Morgan fingerprint density at radius 3 is 2.51 bits per heavy atom. The summed E-state index contributed by atoms with van der Waals surface area (Å²) in [7, 11) is 2.95. The van der Waals surface area contributed by atoms with Gasteiger partial charge in [-0.1, -0.05) is 19.9 Å². The van der Waals surface area contributed by atoms with Crippen LogP contribution in [0.1, 0.15) is 41.5 Å². The number of rotatable bonds is 7. The summed E-state index contributed by atoms with van der Waals surface area (Å²) in [5.41, 5.74) is 0.612. The van der Waals surface area contributed by atoms with Gasteiger partial charge in [0, 0.05) is 18.8 Å². The number of pyridine rings is 2. The Morgan fingerprint density at radius 1 is 1.05 bits per heavy atom. The van der Waals surface area contributed by atoms with E-state index >= 15 is 0 Å². The van der Waals surface area contributed by atoms with E-state index in [2.05, 4.69) is 4.99 Å². The molecule has 0 N–H and O–H groups in total. The minimum Gasteiger partial charge on any atom is -0.497 e. The van der Waals surface area contributed by atoms with E-state index in [1.54, 1.807) is 54.1 Å². The number of hydrogen-bond donors (Lipinski definition) is 0. The monoisotopic (exact) mass is 504 g/mol. The first-order chi connectivity index (χ1) is 17.8. The van der Waals surface area contributed by atoms with E-state index in [9.17, 15) is 14.4 Å². The van der Waals surface area contributed by atoms with Crippen molar-refractivity contribution in [1.82, 2.24) is 14.0 Å². The molecule has 4 aromatic rings. The van der Waals surface area contributed by atoms with Crippen molar-refractivity contribution in [2.24, 2.45) is 10.9 Å². The maximum Gasteiger partial charge on any atom is 0.341 e. The summed E-state index contributed by atoms with van der Waals surface area (Å²) in [4.78, 5) is 49.0. The van der Waals surface area contributed by atoms with Crippen LogP contribution in [0.4, 0.5) is 0 Å². The van der Waals surface area contributed by atoms with E-state index in [-0.39, 0.29) is 45.8 Å². The highest BCUT2D eigenvalue weighted by Crippen LogP contribution is 2.25. The third kappa shape index (κ3) is 4.95. The molecule has 0 aliphatic carbocycles. The Kier molecular flexibility index (Phi) is 7.37. The molecule has 0 spiro atoms. The van der Waals surface area contributed by atoms with Gasteiger partial charge in [-0.05, 0) is 43.2 Å². The maximum absolute atomic E-state index is 13.4. The van der Waals surface area contributed by atoms with Gasteiger partial charge in [0.25, 0.3) is 11.5 Å². The molecule has 10 nitrogen and oxygen atoms in total. The molecule has 3 heterocycles. The van der Waals surface area contributed by atoms with Gasteiger partial charge in [0.1, 0.15) is 28.4 Å². The summed E-state index contributed by atoms with van der Waals surface area (Å²) >= 11 is 0. The van der Waals surface area contributed by atoms with E-state index in [1.807, 2.05) is 13.8 Å². The van der Waals surface area contributed by atoms with E-state index < -0.39 is 11.9 Å². The third-order valence-corrected chi connectivity index (χ3v) is 5.68. The van der Waals surface area contributed by atoms with Gasteiger partial charge in [0.15, 0.2) is 5.49 Å².